The molecule has 0 saturated heterocycles. The third-order valence-electron chi connectivity index (χ3n) is 5.80. The van der Waals surface area contributed by atoms with Gasteiger partial charge in [-0.25, -0.2) is 4.98 Å². The lowest BCUT2D eigenvalue weighted by Gasteiger charge is -2.68. The highest BCUT2D eigenvalue weighted by atomic mass is 16.3. The van der Waals surface area contributed by atoms with Gasteiger partial charge in [-0.2, -0.15) is 5.10 Å². The van der Waals surface area contributed by atoms with Crippen molar-refractivity contribution in [2.45, 2.75) is 19.3 Å². The molecule has 7 nitrogen and oxygen atoms in total. The maximum atomic E-state index is 12.6. The van der Waals surface area contributed by atoms with Gasteiger partial charge in [-0.3, -0.25) is 14.5 Å². The van der Waals surface area contributed by atoms with E-state index in [0.29, 0.717) is 5.82 Å². The molecule has 0 aromatic carbocycles. The molecule has 3 aliphatic carbocycles. The number of nitrogens with zero attached hydrogens (tertiary/aromatic N) is 4. The minimum atomic E-state index is -0.293. The molecular weight excluding hydrogens is 330 g/mol. The average Bonchev–Trinajstić information content (AvgIpc) is 2.99. The van der Waals surface area contributed by atoms with Gasteiger partial charge in [0.1, 0.15) is 5.82 Å². The maximum Gasteiger partial charge on any atom is 0.231 e. The Morgan fingerprint density at radius 1 is 1.19 bits per heavy atom. The van der Waals surface area contributed by atoms with Crippen LogP contribution < -0.4 is 5.32 Å². The van der Waals surface area contributed by atoms with Gasteiger partial charge in [0.05, 0.1) is 17.3 Å². The predicted octanol–water partition coefficient (Wildman–Crippen LogP) is 2.13. The number of hydrogen-bond donors (Lipinski definition) is 2. The molecule has 26 heavy (non-hydrogen) atoms. The zero-order valence-electron chi connectivity index (χ0n) is 14.4. The van der Waals surface area contributed by atoms with Crippen LogP contribution in [-0.2, 0) is 11.8 Å². The van der Waals surface area contributed by atoms with E-state index >= 15 is 0 Å². The summed E-state index contributed by atoms with van der Waals surface area (Å²) in [4.78, 5) is 21.4. The molecule has 1 amide bonds. The van der Waals surface area contributed by atoms with Crippen molar-refractivity contribution in [3.05, 3.63) is 36.9 Å². The van der Waals surface area contributed by atoms with Crippen LogP contribution in [0.2, 0.25) is 0 Å². The van der Waals surface area contributed by atoms with Crippen molar-refractivity contribution in [3.63, 3.8) is 0 Å². The number of hydrogen-bond acceptors (Lipinski definition) is 5. The summed E-state index contributed by atoms with van der Waals surface area (Å²) in [7, 11) is 1.87. The minimum Gasteiger partial charge on any atom is -0.396 e. The van der Waals surface area contributed by atoms with Gasteiger partial charge in [0, 0.05) is 43.2 Å². The number of rotatable bonds is 4. The first-order valence-corrected chi connectivity index (χ1v) is 8.68. The lowest BCUT2D eigenvalue weighted by molar-refractivity contribution is -0.216. The van der Waals surface area contributed by atoms with E-state index in [1.165, 1.54) is 0 Å². The van der Waals surface area contributed by atoms with Crippen LogP contribution in [0.5, 0.6) is 0 Å². The number of pyridine rings is 2. The Bertz CT molecular complexity index is 1020. The molecule has 3 aromatic rings. The Kier molecular flexibility index (Phi) is 3.04. The SMILES string of the molecule is Cn1cc(-c2cc3cc(NC(=O)C45CC(CO)(C4)C5)ncc3cn2)cn1. The predicted molar refractivity (Wildman–Crippen MR) is 96.2 cm³/mol. The normalized spacial score (nSPS) is 26.2. The van der Waals surface area contributed by atoms with Crippen molar-refractivity contribution in [2.24, 2.45) is 17.9 Å². The Labute approximate surface area is 150 Å². The van der Waals surface area contributed by atoms with E-state index in [2.05, 4.69) is 20.4 Å². The second-order valence-electron chi connectivity index (χ2n) is 7.81. The minimum absolute atomic E-state index is 0.0123. The molecule has 3 saturated carbocycles. The highest BCUT2D eigenvalue weighted by Crippen LogP contribution is 2.73. The van der Waals surface area contributed by atoms with Crippen molar-refractivity contribution in [1.29, 1.82) is 0 Å². The Hall–Kier alpha value is -2.80. The van der Waals surface area contributed by atoms with Crippen molar-refractivity contribution in [3.8, 4) is 11.3 Å². The molecule has 7 heteroatoms. The molecule has 0 spiro atoms. The molecule has 2 N–H and O–H groups in total. The van der Waals surface area contributed by atoms with Gasteiger partial charge in [-0.15, -0.1) is 0 Å². The third-order valence-corrected chi connectivity index (χ3v) is 5.80. The zero-order valence-corrected chi connectivity index (χ0v) is 14.4. The number of aliphatic hydroxyl groups is 1. The van der Waals surface area contributed by atoms with Gasteiger partial charge in [-0.05, 0) is 42.2 Å². The first-order valence-electron chi connectivity index (χ1n) is 8.68. The van der Waals surface area contributed by atoms with Crippen LogP contribution in [-0.4, -0.2) is 37.4 Å². The van der Waals surface area contributed by atoms with E-state index < -0.39 is 0 Å². The van der Waals surface area contributed by atoms with Crippen LogP contribution in [0.15, 0.2) is 36.9 Å². The fourth-order valence-corrected chi connectivity index (χ4v) is 4.47. The number of nitrogens with one attached hydrogen (secondary N) is 1. The Morgan fingerprint density at radius 3 is 2.65 bits per heavy atom. The molecule has 0 aliphatic heterocycles. The number of carbonyl (C=O) groups excluding carboxylic acids is 1. The van der Waals surface area contributed by atoms with E-state index in [1.54, 1.807) is 23.3 Å². The Balaban J connectivity index is 1.40. The molecule has 2 bridgehead atoms. The maximum absolute atomic E-state index is 12.6. The smallest absolute Gasteiger partial charge is 0.231 e. The number of carbonyl (C=O) groups is 1. The van der Waals surface area contributed by atoms with Crippen LogP contribution in [0.4, 0.5) is 5.82 Å². The topological polar surface area (TPSA) is 92.9 Å². The lowest BCUT2D eigenvalue weighted by Crippen LogP contribution is -2.68. The van der Waals surface area contributed by atoms with Crippen molar-refractivity contribution in [1.82, 2.24) is 19.7 Å². The average molecular weight is 349 g/mol. The van der Waals surface area contributed by atoms with E-state index in [0.717, 1.165) is 41.3 Å². The summed E-state index contributed by atoms with van der Waals surface area (Å²) < 4.78 is 1.74. The van der Waals surface area contributed by atoms with Gasteiger partial charge >= 0.3 is 0 Å². The molecule has 3 fully saturated rings. The zero-order chi connectivity index (χ0) is 17.9. The highest BCUT2D eigenvalue weighted by molar-refractivity contribution is 5.98. The molecule has 0 atom stereocenters. The molecular formula is C19H19N5O2. The summed E-state index contributed by atoms with van der Waals surface area (Å²) in [6.07, 6.45) is 9.54. The van der Waals surface area contributed by atoms with E-state index in [4.69, 9.17) is 0 Å². The number of amides is 1. The first kappa shape index (κ1) is 15.5. The van der Waals surface area contributed by atoms with E-state index in [-0.39, 0.29) is 23.3 Å². The summed E-state index contributed by atoms with van der Waals surface area (Å²) in [5, 5.41) is 18.4. The summed E-state index contributed by atoms with van der Waals surface area (Å²) in [6, 6.07) is 3.85. The van der Waals surface area contributed by atoms with Gasteiger partial charge < -0.3 is 10.4 Å². The van der Waals surface area contributed by atoms with Crippen LogP contribution in [0.3, 0.4) is 0 Å². The standard InChI is InChI=1S/C19H19N5O2/c1-24-7-14(6-22-24)15-2-12-3-16(21-5-13(12)4-20-15)23-17(26)19-8-18(9-19,10-19)11-25/h2-7,25H,8-11H2,1H3,(H,21,23,26). The molecule has 3 aromatic heterocycles. The van der Waals surface area contributed by atoms with Crippen molar-refractivity contribution < 1.29 is 9.90 Å². The number of aliphatic hydroxyl groups excluding tert-OH is 1. The monoisotopic (exact) mass is 349 g/mol. The molecule has 0 unspecified atom stereocenters. The van der Waals surface area contributed by atoms with Crippen LogP contribution in [0.25, 0.3) is 22.0 Å². The molecule has 3 heterocycles. The number of aromatic nitrogens is 4. The second kappa shape index (κ2) is 5.11. The molecule has 6 rings (SSSR count). The molecule has 132 valence electrons. The third kappa shape index (κ3) is 2.17. The van der Waals surface area contributed by atoms with Gasteiger partial charge in [0.25, 0.3) is 0 Å². The largest absolute Gasteiger partial charge is 0.396 e. The summed E-state index contributed by atoms with van der Waals surface area (Å²) in [5.41, 5.74) is 1.50. The number of aryl methyl sites for hydroxylation is 1. The van der Waals surface area contributed by atoms with Crippen LogP contribution >= 0.6 is 0 Å². The van der Waals surface area contributed by atoms with Gasteiger partial charge in [0.15, 0.2) is 0 Å². The first-order chi connectivity index (χ1) is 12.5. The fourth-order valence-electron chi connectivity index (χ4n) is 4.47. The highest BCUT2D eigenvalue weighted by Gasteiger charge is 2.71. The number of fused-ring (bicyclic) bond motifs is 1. The van der Waals surface area contributed by atoms with Crippen molar-refractivity contribution >= 4 is 22.5 Å². The fraction of sp³-hybridized carbons (Fsp3) is 0.368. The molecule has 0 radical (unpaired) electrons. The van der Waals surface area contributed by atoms with Crippen molar-refractivity contribution in [2.75, 3.05) is 11.9 Å². The van der Waals surface area contributed by atoms with Gasteiger partial charge in [0.2, 0.25) is 5.91 Å². The van der Waals surface area contributed by atoms with Crippen LogP contribution in [0, 0.1) is 10.8 Å². The van der Waals surface area contributed by atoms with Crippen LogP contribution in [0.1, 0.15) is 19.3 Å². The number of anilines is 1. The lowest BCUT2D eigenvalue weighted by atomic mass is 9.35. The molecule has 3 aliphatic rings. The van der Waals surface area contributed by atoms with E-state index in [9.17, 15) is 9.90 Å². The summed E-state index contributed by atoms with van der Waals surface area (Å²) in [5.74, 6) is 0.565. The summed E-state index contributed by atoms with van der Waals surface area (Å²) in [6.45, 7) is 0.181. The van der Waals surface area contributed by atoms with E-state index in [1.807, 2.05) is 25.4 Å². The second-order valence-corrected chi connectivity index (χ2v) is 7.81. The van der Waals surface area contributed by atoms with Gasteiger partial charge in [-0.1, -0.05) is 0 Å². The quantitative estimate of drug-likeness (QED) is 0.753. The Morgan fingerprint density at radius 2 is 1.96 bits per heavy atom. The summed E-state index contributed by atoms with van der Waals surface area (Å²) >= 11 is 0.